The second-order valence-electron chi connectivity index (χ2n) is 11.1. The molecule has 0 bridgehead atoms. The van der Waals surface area contributed by atoms with Crippen LogP contribution in [0.2, 0.25) is 0 Å². The summed E-state index contributed by atoms with van der Waals surface area (Å²) < 4.78 is 94.9. The number of likely N-dealkylation sites (N-methyl/N-ethyl adjacent to an activating group) is 1. The largest absolute Gasteiger partial charge is 0.416 e. The number of nitrogens with zero attached hydrogens (tertiary/aromatic N) is 4. The summed E-state index contributed by atoms with van der Waals surface area (Å²) in [6, 6.07) is 3.16. The van der Waals surface area contributed by atoms with Crippen LogP contribution in [0, 0.1) is 12.7 Å². The fraction of sp³-hybridized carbons (Fsp3) is 0.517. The van der Waals surface area contributed by atoms with E-state index >= 15 is 0 Å². The Balaban J connectivity index is 0.00000506. The summed E-state index contributed by atoms with van der Waals surface area (Å²) >= 11 is 0. The molecular formula is C29H34ClF7N4O2. The molecule has 4 rings (SSSR count). The molecule has 2 aromatic carbocycles. The number of amides is 3. The number of alkyl halides is 6. The number of piperazine rings is 1. The van der Waals surface area contributed by atoms with Gasteiger partial charge in [0.05, 0.1) is 29.8 Å². The molecule has 2 aliphatic heterocycles. The summed E-state index contributed by atoms with van der Waals surface area (Å²) in [4.78, 5) is 32.6. The normalized spacial score (nSPS) is 21.0. The molecule has 2 aromatic rings. The highest BCUT2D eigenvalue weighted by atomic mass is 35.5. The number of benzene rings is 2. The van der Waals surface area contributed by atoms with E-state index in [1.807, 2.05) is 0 Å². The van der Waals surface area contributed by atoms with Gasteiger partial charge in [0.2, 0.25) is 5.91 Å². The van der Waals surface area contributed by atoms with Crippen LogP contribution in [-0.4, -0.2) is 77.9 Å². The van der Waals surface area contributed by atoms with Crippen molar-refractivity contribution in [2.75, 3.05) is 40.3 Å². The molecule has 2 saturated heterocycles. The highest BCUT2D eigenvalue weighted by Crippen LogP contribution is 2.40. The van der Waals surface area contributed by atoms with Crippen LogP contribution in [0.1, 0.15) is 59.7 Å². The number of hydrogen-bond donors (Lipinski definition) is 0. The minimum atomic E-state index is -5.02. The summed E-state index contributed by atoms with van der Waals surface area (Å²) in [5, 5.41) is 0. The maximum atomic E-state index is 14.0. The van der Waals surface area contributed by atoms with Crippen molar-refractivity contribution < 1.29 is 40.3 Å². The first-order chi connectivity index (χ1) is 19.5. The number of piperidine rings is 1. The van der Waals surface area contributed by atoms with Gasteiger partial charge in [-0.1, -0.05) is 6.07 Å². The van der Waals surface area contributed by atoms with Gasteiger partial charge in [-0.25, -0.2) is 9.18 Å². The monoisotopic (exact) mass is 638 g/mol. The summed E-state index contributed by atoms with van der Waals surface area (Å²) in [7, 11) is 3.06. The Morgan fingerprint density at radius 2 is 1.58 bits per heavy atom. The molecule has 0 N–H and O–H groups in total. The third-order valence-corrected chi connectivity index (χ3v) is 8.39. The number of carbonyl (C=O) groups excluding carboxylic acids is 2. The molecule has 14 heteroatoms. The van der Waals surface area contributed by atoms with Crippen molar-refractivity contribution in [2.45, 2.75) is 57.2 Å². The standard InChI is InChI=1S/C29H33F7N4O2.ClH/c1-17-11-22(30)5-6-24(17)25-15-23(39-10-9-37(3)26(41)16-39)7-8-40(25)27(42)38(4)18(2)19-12-20(28(31,32)33)14-21(13-19)29(34,35)36;/h5-6,11-14,18,23,25H,7-10,15-16H2,1-4H3;1H/t18-,23+,25-;/m1./s1. The first-order valence-corrected chi connectivity index (χ1v) is 13.5. The number of rotatable bonds is 4. The summed E-state index contributed by atoms with van der Waals surface area (Å²) in [6.07, 6.45) is -9.12. The molecule has 2 heterocycles. The van der Waals surface area contributed by atoms with Gasteiger partial charge < -0.3 is 14.7 Å². The van der Waals surface area contributed by atoms with Crippen LogP contribution in [0.3, 0.4) is 0 Å². The third-order valence-electron chi connectivity index (χ3n) is 8.39. The zero-order valence-electron chi connectivity index (χ0n) is 24.1. The van der Waals surface area contributed by atoms with Crippen molar-refractivity contribution in [1.82, 2.24) is 19.6 Å². The quantitative estimate of drug-likeness (QED) is 0.351. The molecule has 0 radical (unpaired) electrons. The summed E-state index contributed by atoms with van der Waals surface area (Å²) in [5.74, 6) is -0.482. The van der Waals surface area contributed by atoms with E-state index in [4.69, 9.17) is 0 Å². The second-order valence-corrected chi connectivity index (χ2v) is 11.1. The minimum absolute atomic E-state index is 0. The van der Waals surface area contributed by atoms with Gasteiger partial charge in [0.15, 0.2) is 0 Å². The molecule has 3 atom stereocenters. The fourth-order valence-electron chi connectivity index (χ4n) is 5.72. The van der Waals surface area contributed by atoms with E-state index in [9.17, 15) is 40.3 Å². The van der Waals surface area contributed by atoms with E-state index in [0.29, 0.717) is 49.2 Å². The molecule has 6 nitrogen and oxygen atoms in total. The zero-order valence-corrected chi connectivity index (χ0v) is 24.9. The number of hydrogen-bond acceptors (Lipinski definition) is 3. The minimum Gasteiger partial charge on any atom is -0.343 e. The Bertz CT molecular complexity index is 1300. The van der Waals surface area contributed by atoms with Gasteiger partial charge in [-0.15, -0.1) is 12.4 Å². The van der Waals surface area contributed by atoms with Crippen molar-refractivity contribution >= 4 is 24.3 Å². The van der Waals surface area contributed by atoms with Gasteiger partial charge in [0.1, 0.15) is 5.82 Å². The van der Waals surface area contributed by atoms with Crippen LogP contribution in [-0.2, 0) is 17.1 Å². The van der Waals surface area contributed by atoms with Gasteiger partial charge >= 0.3 is 18.4 Å². The molecule has 2 aliphatic rings. The smallest absolute Gasteiger partial charge is 0.343 e. The molecule has 2 fully saturated rings. The fourth-order valence-corrected chi connectivity index (χ4v) is 5.72. The van der Waals surface area contributed by atoms with E-state index in [1.165, 1.54) is 31.0 Å². The average molecular weight is 639 g/mol. The molecule has 3 amide bonds. The van der Waals surface area contributed by atoms with Gasteiger partial charge in [-0.3, -0.25) is 9.69 Å². The molecule has 0 unspecified atom stereocenters. The Kier molecular flexibility index (Phi) is 10.3. The maximum Gasteiger partial charge on any atom is 0.416 e. The number of carbonyl (C=O) groups is 2. The van der Waals surface area contributed by atoms with Gasteiger partial charge in [0.25, 0.3) is 0 Å². The van der Waals surface area contributed by atoms with Crippen LogP contribution in [0.25, 0.3) is 0 Å². The van der Waals surface area contributed by atoms with Crippen molar-refractivity contribution in [3.8, 4) is 0 Å². The molecule has 0 aromatic heterocycles. The lowest BCUT2D eigenvalue weighted by molar-refractivity contribution is -0.143. The van der Waals surface area contributed by atoms with Crippen LogP contribution >= 0.6 is 12.4 Å². The SMILES string of the molecule is Cc1cc(F)ccc1[C@H]1C[C@@H](N2CCN(C)C(=O)C2)CCN1C(=O)N(C)[C@H](C)c1cc(C(F)(F)F)cc(C(F)(F)F)c1.Cl. The van der Waals surface area contributed by atoms with Crippen molar-refractivity contribution in [3.05, 3.63) is 70.0 Å². The van der Waals surface area contributed by atoms with E-state index in [1.54, 1.807) is 24.9 Å². The molecule has 0 saturated carbocycles. The van der Waals surface area contributed by atoms with E-state index < -0.39 is 47.4 Å². The molecule has 238 valence electrons. The van der Waals surface area contributed by atoms with Gasteiger partial charge in [-0.2, -0.15) is 26.3 Å². The van der Waals surface area contributed by atoms with E-state index in [0.717, 1.165) is 4.90 Å². The molecule has 0 spiro atoms. The maximum absolute atomic E-state index is 14.0. The first kappa shape index (κ1) is 34.4. The Labute approximate surface area is 251 Å². The molecule has 43 heavy (non-hydrogen) atoms. The Morgan fingerprint density at radius 3 is 2.12 bits per heavy atom. The summed E-state index contributed by atoms with van der Waals surface area (Å²) in [6.45, 7) is 4.71. The second kappa shape index (κ2) is 12.9. The lowest BCUT2D eigenvalue weighted by atomic mass is 9.88. The number of aryl methyl sites for hydroxylation is 1. The molecule has 0 aliphatic carbocycles. The number of likely N-dealkylation sites (tertiary alicyclic amines) is 1. The zero-order chi connectivity index (χ0) is 31.1. The average Bonchev–Trinajstić information content (AvgIpc) is 2.92. The summed E-state index contributed by atoms with van der Waals surface area (Å²) in [5.41, 5.74) is -1.95. The van der Waals surface area contributed by atoms with Gasteiger partial charge in [-0.05, 0) is 73.7 Å². The third kappa shape index (κ3) is 7.54. The van der Waals surface area contributed by atoms with Crippen LogP contribution in [0.4, 0.5) is 35.5 Å². The molecular weight excluding hydrogens is 605 g/mol. The lowest BCUT2D eigenvalue weighted by Gasteiger charge is -2.47. The topological polar surface area (TPSA) is 47.1 Å². The van der Waals surface area contributed by atoms with E-state index in [-0.39, 0.29) is 49.1 Å². The highest BCUT2D eigenvalue weighted by molar-refractivity contribution is 5.85. The van der Waals surface area contributed by atoms with Crippen LogP contribution < -0.4 is 0 Å². The first-order valence-electron chi connectivity index (χ1n) is 13.5. The number of halogens is 8. The number of urea groups is 1. The Morgan fingerprint density at radius 1 is 0.977 bits per heavy atom. The van der Waals surface area contributed by atoms with Crippen LogP contribution in [0.15, 0.2) is 36.4 Å². The predicted molar refractivity (Wildman–Crippen MR) is 148 cm³/mol. The van der Waals surface area contributed by atoms with Crippen molar-refractivity contribution in [1.29, 1.82) is 0 Å². The lowest BCUT2D eigenvalue weighted by Crippen LogP contribution is -2.56. The van der Waals surface area contributed by atoms with Crippen molar-refractivity contribution in [2.24, 2.45) is 0 Å². The predicted octanol–water partition coefficient (Wildman–Crippen LogP) is 6.69. The van der Waals surface area contributed by atoms with Crippen LogP contribution in [0.5, 0.6) is 0 Å². The van der Waals surface area contributed by atoms with E-state index in [2.05, 4.69) is 4.90 Å². The Hall–Kier alpha value is -3.06. The van der Waals surface area contributed by atoms with Crippen molar-refractivity contribution in [3.63, 3.8) is 0 Å². The highest BCUT2D eigenvalue weighted by Gasteiger charge is 2.41. The van der Waals surface area contributed by atoms with Gasteiger partial charge in [0, 0.05) is 39.8 Å².